The van der Waals surface area contributed by atoms with Crippen molar-refractivity contribution >= 4 is 11.8 Å². The van der Waals surface area contributed by atoms with Gasteiger partial charge in [0.15, 0.2) is 0 Å². The van der Waals surface area contributed by atoms with Gasteiger partial charge in [0, 0.05) is 6.42 Å². The summed E-state index contributed by atoms with van der Waals surface area (Å²) in [7, 11) is 0. The highest BCUT2D eigenvalue weighted by atomic mass is 16.5. The molecule has 0 bridgehead atoms. The molecular formula is C12H20O3. The number of Topliss-reactive ketones (excluding diaryl/α,β-unsaturated/α-hetero) is 1. The summed E-state index contributed by atoms with van der Waals surface area (Å²) in [4.78, 5) is 22.5. The molecule has 0 fully saturated rings. The van der Waals surface area contributed by atoms with Crippen LogP contribution in [0, 0.1) is 5.41 Å². The van der Waals surface area contributed by atoms with Crippen LogP contribution in [0.15, 0.2) is 12.7 Å². The number of hydrogen-bond donors (Lipinski definition) is 0. The zero-order valence-corrected chi connectivity index (χ0v) is 9.84. The SMILES string of the molecule is C=CCC(C)(C)CC(=O)CC(=O)OCC. The number of hydrogen-bond acceptors (Lipinski definition) is 3. The summed E-state index contributed by atoms with van der Waals surface area (Å²) in [5, 5.41) is 0. The summed E-state index contributed by atoms with van der Waals surface area (Å²) in [5.74, 6) is -0.503. The first-order valence-electron chi connectivity index (χ1n) is 5.19. The molecule has 0 aromatic rings. The van der Waals surface area contributed by atoms with Crippen LogP contribution < -0.4 is 0 Å². The van der Waals surface area contributed by atoms with Crippen LogP contribution >= 0.6 is 0 Å². The highest BCUT2D eigenvalue weighted by Gasteiger charge is 2.22. The lowest BCUT2D eigenvalue weighted by molar-refractivity contribution is -0.145. The second-order valence-electron chi connectivity index (χ2n) is 4.35. The Morgan fingerprint density at radius 2 is 2.00 bits per heavy atom. The predicted molar refractivity (Wildman–Crippen MR) is 59.5 cm³/mol. The first-order valence-corrected chi connectivity index (χ1v) is 5.19. The maximum absolute atomic E-state index is 11.5. The molecule has 0 rings (SSSR count). The van der Waals surface area contributed by atoms with E-state index in [0.29, 0.717) is 13.0 Å². The van der Waals surface area contributed by atoms with E-state index >= 15 is 0 Å². The van der Waals surface area contributed by atoms with Gasteiger partial charge in [-0.1, -0.05) is 19.9 Å². The van der Waals surface area contributed by atoms with Crippen LogP contribution in [0.2, 0.25) is 0 Å². The van der Waals surface area contributed by atoms with Crippen molar-refractivity contribution in [2.24, 2.45) is 5.41 Å². The quantitative estimate of drug-likeness (QED) is 0.370. The third-order valence-electron chi connectivity index (χ3n) is 2.02. The normalized spacial score (nSPS) is 10.9. The molecular weight excluding hydrogens is 192 g/mol. The Balaban J connectivity index is 4.02. The molecule has 0 heterocycles. The molecule has 0 aliphatic rings. The summed E-state index contributed by atoms with van der Waals surface area (Å²) in [6.45, 7) is 9.66. The van der Waals surface area contributed by atoms with Crippen molar-refractivity contribution in [2.75, 3.05) is 6.61 Å². The Morgan fingerprint density at radius 3 is 2.47 bits per heavy atom. The van der Waals surface area contributed by atoms with Crippen molar-refractivity contribution in [3.8, 4) is 0 Å². The fraction of sp³-hybridized carbons (Fsp3) is 0.667. The van der Waals surface area contributed by atoms with Gasteiger partial charge in [-0.3, -0.25) is 9.59 Å². The second-order valence-corrected chi connectivity index (χ2v) is 4.35. The van der Waals surface area contributed by atoms with E-state index in [0.717, 1.165) is 6.42 Å². The molecule has 0 radical (unpaired) electrons. The maximum atomic E-state index is 11.5. The highest BCUT2D eigenvalue weighted by molar-refractivity contribution is 5.95. The number of ether oxygens (including phenoxy) is 1. The molecule has 0 spiro atoms. The van der Waals surface area contributed by atoms with Crippen molar-refractivity contribution in [3.05, 3.63) is 12.7 Å². The van der Waals surface area contributed by atoms with E-state index in [4.69, 9.17) is 4.74 Å². The van der Waals surface area contributed by atoms with Crippen molar-refractivity contribution < 1.29 is 14.3 Å². The summed E-state index contributed by atoms with van der Waals surface area (Å²) >= 11 is 0. The minimum absolute atomic E-state index is 0.0692. The van der Waals surface area contributed by atoms with Gasteiger partial charge in [-0.25, -0.2) is 0 Å². The van der Waals surface area contributed by atoms with Gasteiger partial charge in [-0.15, -0.1) is 6.58 Å². The van der Waals surface area contributed by atoms with Crippen LogP contribution in [0.3, 0.4) is 0 Å². The number of carbonyl (C=O) groups excluding carboxylic acids is 2. The smallest absolute Gasteiger partial charge is 0.313 e. The topological polar surface area (TPSA) is 43.4 Å². The van der Waals surface area contributed by atoms with Crippen LogP contribution in [-0.4, -0.2) is 18.4 Å². The molecule has 3 heteroatoms. The van der Waals surface area contributed by atoms with Crippen molar-refractivity contribution in [3.63, 3.8) is 0 Å². The van der Waals surface area contributed by atoms with E-state index < -0.39 is 5.97 Å². The standard InChI is InChI=1S/C12H20O3/c1-5-7-12(3,4)9-10(13)8-11(14)15-6-2/h5H,1,6-9H2,2-4H3. The second kappa shape index (κ2) is 6.38. The molecule has 0 aliphatic heterocycles. The number of ketones is 1. The van der Waals surface area contributed by atoms with Crippen LogP contribution in [0.5, 0.6) is 0 Å². The number of carbonyl (C=O) groups is 2. The molecule has 0 atom stereocenters. The lowest BCUT2D eigenvalue weighted by atomic mass is 9.83. The zero-order chi connectivity index (χ0) is 11.9. The van der Waals surface area contributed by atoms with E-state index in [-0.39, 0.29) is 17.6 Å². The van der Waals surface area contributed by atoms with Crippen LogP contribution in [0.25, 0.3) is 0 Å². The van der Waals surface area contributed by atoms with Gasteiger partial charge < -0.3 is 4.74 Å². The fourth-order valence-corrected chi connectivity index (χ4v) is 1.43. The van der Waals surface area contributed by atoms with Crippen molar-refractivity contribution in [1.29, 1.82) is 0 Å². The van der Waals surface area contributed by atoms with Gasteiger partial charge in [0.25, 0.3) is 0 Å². The zero-order valence-electron chi connectivity index (χ0n) is 9.84. The molecule has 86 valence electrons. The third-order valence-corrected chi connectivity index (χ3v) is 2.02. The van der Waals surface area contributed by atoms with Gasteiger partial charge >= 0.3 is 5.97 Å². The van der Waals surface area contributed by atoms with Crippen molar-refractivity contribution in [1.82, 2.24) is 0 Å². The highest BCUT2D eigenvalue weighted by Crippen LogP contribution is 2.26. The maximum Gasteiger partial charge on any atom is 0.313 e. The molecule has 0 saturated heterocycles. The fourth-order valence-electron chi connectivity index (χ4n) is 1.43. The van der Waals surface area contributed by atoms with Gasteiger partial charge in [-0.2, -0.15) is 0 Å². The first kappa shape index (κ1) is 13.9. The van der Waals surface area contributed by atoms with Crippen molar-refractivity contribution in [2.45, 2.75) is 40.0 Å². The minimum Gasteiger partial charge on any atom is -0.466 e. The van der Waals surface area contributed by atoms with Crippen LogP contribution in [0.1, 0.15) is 40.0 Å². The monoisotopic (exact) mass is 212 g/mol. The number of allylic oxidation sites excluding steroid dienone is 1. The summed E-state index contributed by atoms with van der Waals surface area (Å²) in [6, 6.07) is 0. The average molecular weight is 212 g/mol. The number of esters is 1. The predicted octanol–water partition coefficient (Wildman–Crippen LogP) is 2.50. The van der Waals surface area contributed by atoms with E-state index in [9.17, 15) is 9.59 Å². The molecule has 0 saturated carbocycles. The lowest BCUT2D eigenvalue weighted by Gasteiger charge is -2.21. The van der Waals surface area contributed by atoms with Gasteiger partial charge in [0.2, 0.25) is 0 Å². The molecule has 15 heavy (non-hydrogen) atoms. The molecule has 0 amide bonds. The van der Waals surface area contributed by atoms with Crippen LogP contribution in [0.4, 0.5) is 0 Å². The Morgan fingerprint density at radius 1 is 1.40 bits per heavy atom. The van der Waals surface area contributed by atoms with Gasteiger partial charge in [0.1, 0.15) is 12.2 Å². The number of rotatable bonds is 7. The largest absolute Gasteiger partial charge is 0.466 e. The van der Waals surface area contributed by atoms with Gasteiger partial charge in [0.05, 0.1) is 6.61 Å². The molecule has 0 aromatic heterocycles. The summed E-state index contributed by atoms with van der Waals surface area (Å²) in [6.07, 6.45) is 2.82. The van der Waals surface area contributed by atoms with E-state index in [1.807, 2.05) is 13.8 Å². The minimum atomic E-state index is -0.433. The van der Waals surface area contributed by atoms with E-state index in [1.54, 1.807) is 13.0 Å². The molecule has 0 aliphatic carbocycles. The Hall–Kier alpha value is -1.12. The Labute approximate surface area is 91.5 Å². The molecule has 3 nitrogen and oxygen atoms in total. The molecule has 0 N–H and O–H groups in total. The Bertz CT molecular complexity index is 241. The van der Waals surface area contributed by atoms with Gasteiger partial charge in [-0.05, 0) is 18.8 Å². The van der Waals surface area contributed by atoms with E-state index in [1.165, 1.54) is 0 Å². The first-order chi connectivity index (χ1) is 6.91. The third kappa shape index (κ3) is 6.89. The Kier molecular flexibility index (Phi) is 5.90. The lowest BCUT2D eigenvalue weighted by Crippen LogP contribution is -2.19. The molecule has 0 unspecified atom stereocenters. The summed E-state index contributed by atoms with van der Waals surface area (Å²) in [5.41, 5.74) is -0.120. The molecule has 0 aromatic carbocycles. The summed E-state index contributed by atoms with van der Waals surface area (Å²) < 4.78 is 4.71. The van der Waals surface area contributed by atoms with Crippen LogP contribution in [-0.2, 0) is 14.3 Å². The average Bonchev–Trinajstić information content (AvgIpc) is 2.01. The van der Waals surface area contributed by atoms with E-state index in [2.05, 4.69) is 6.58 Å².